The third-order valence-corrected chi connectivity index (χ3v) is 8.38. The molecule has 3 heterocycles. The number of likely N-dealkylation sites (tertiary alicyclic amines) is 1. The normalized spacial score (nSPS) is 14.9. The Bertz CT molecular complexity index is 1170. The SMILES string of the molecule is O=C(Oc1ccc(CCNS(=O)(=O)c2ccc(-c3ccccn3)s2)cc1)N1CCC(O)CC1. The van der Waals surface area contributed by atoms with Gasteiger partial charge in [-0.15, -0.1) is 11.3 Å². The number of benzene rings is 1. The van der Waals surface area contributed by atoms with Crippen LogP contribution in [-0.4, -0.2) is 55.2 Å². The molecule has 2 N–H and O–H groups in total. The van der Waals surface area contributed by atoms with Crippen molar-refractivity contribution in [2.75, 3.05) is 19.6 Å². The number of pyridine rings is 1. The van der Waals surface area contributed by atoms with Gasteiger partial charge >= 0.3 is 6.09 Å². The molecule has 4 rings (SSSR count). The number of carbonyl (C=O) groups is 1. The lowest BCUT2D eigenvalue weighted by Gasteiger charge is -2.28. The predicted molar refractivity (Wildman–Crippen MR) is 126 cm³/mol. The topological polar surface area (TPSA) is 109 Å². The van der Waals surface area contributed by atoms with Crippen molar-refractivity contribution in [3.63, 3.8) is 0 Å². The number of aromatic nitrogens is 1. The second-order valence-corrected chi connectivity index (χ2v) is 10.8. The minimum absolute atomic E-state index is 0.244. The largest absolute Gasteiger partial charge is 0.415 e. The Labute approximate surface area is 196 Å². The fraction of sp³-hybridized carbons (Fsp3) is 0.304. The number of nitrogens with zero attached hydrogens (tertiary/aromatic N) is 2. The van der Waals surface area contributed by atoms with Crippen molar-refractivity contribution in [3.05, 3.63) is 66.4 Å². The van der Waals surface area contributed by atoms with Crippen molar-refractivity contribution in [1.82, 2.24) is 14.6 Å². The molecule has 0 aliphatic carbocycles. The number of hydrogen-bond donors (Lipinski definition) is 2. The van der Waals surface area contributed by atoms with Crippen LogP contribution >= 0.6 is 11.3 Å². The third-order valence-electron chi connectivity index (χ3n) is 5.32. The van der Waals surface area contributed by atoms with Gasteiger partial charge in [0.25, 0.3) is 0 Å². The van der Waals surface area contributed by atoms with Crippen LogP contribution in [0.5, 0.6) is 5.75 Å². The molecule has 0 spiro atoms. The van der Waals surface area contributed by atoms with Gasteiger partial charge in [0.15, 0.2) is 0 Å². The maximum absolute atomic E-state index is 12.6. The molecule has 1 fully saturated rings. The monoisotopic (exact) mass is 487 g/mol. The summed E-state index contributed by atoms with van der Waals surface area (Å²) in [5.41, 5.74) is 1.65. The first kappa shape index (κ1) is 23.4. The Hall–Kier alpha value is -2.79. The lowest BCUT2D eigenvalue weighted by Crippen LogP contribution is -2.41. The van der Waals surface area contributed by atoms with Crippen LogP contribution in [0.1, 0.15) is 18.4 Å². The highest BCUT2D eigenvalue weighted by molar-refractivity contribution is 7.91. The van der Waals surface area contributed by atoms with Crippen LogP contribution in [0, 0.1) is 0 Å². The maximum atomic E-state index is 12.6. The van der Waals surface area contributed by atoms with Crippen molar-refractivity contribution in [2.45, 2.75) is 29.6 Å². The number of rotatable bonds is 7. The van der Waals surface area contributed by atoms with E-state index < -0.39 is 16.1 Å². The quantitative estimate of drug-likeness (QED) is 0.529. The van der Waals surface area contributed by atoms with Gasteiger partial charge in [-0.05, 0) is 61.2 Å². The van der Waals surface area contributed by atoms with E-state index in [0.29, 0.717) is 38.1 Å². The summed E-state index contributed by atoms with van der Waals surface area (Å²) >= 11 is 1.18. The standard InChI is InChI=1S/C23H25N3O5S2/c27-18-11-15-26(16-12-18)23(28)31-19-6-4-17(5-7-19)10-14-25-33(29,30)22-9-8-21(32-22)20-3-1-2-13-24-20/h1-9,13,18,25,27H,10-12,14-16H2. The van der Waals surface area contributed by atoms with Crippen LogP contribution in [-0.2, 0) is 16.4 Å². The van der Waals surface area contributed by atoms with Crippen molar-refractivity contribution < 1.29 is 23.1 Å². The molecule has 2 aromatic heterocycles. The molecule has 1 amide bonds. The van der Waals surface area contributed by atoms with Gasteiger partial charge in [0, 0.05) is 25.8 Å². The highest BCUT2D eigenvalue weighted by Gasteiger charge is 2.22. The van der Waals surface area contributed by atoms with Gasteiger partial charge in [-0.3, -0.25) is 4.98 Å². The number of piperidine rings is 1. The smallest absolute Gasteiger partial charge is 0.410 e. The first-order valence-electron chi connectivity index (χ1n) is 10.7. The summed E-state index contributed by atoms with van der Waals surface area (Å²) in [7, 11) is -3.61. The van der Waals surface area contributed by atoms with E-state index in [2.05, 4.69) is 9.71 Å². The van der Waals surface area contributed by atoms with E-state index in [0.717, 1.165) is 16.1 Å². The van der Waals surface area contributed by atoms with E-state index in [9.17, 15) is 18.3 Å². The van der Waals surface area contributed by atoms with Gasteiger partial charge in [-0.2, -0.15) is 0 Å². The number of aliphatic hydroxyl groups excluding tert-OH is 1. The molecule has 10 heteroatoms. The number of thiophene rings is 1. The van der Waals surface area contributed by atoms with Crippen molar-refractivity contribution in [2.24, 2.45) is 0 Å². The van der Waals surface area contributed by atoms with Crippen molar-refractivity contribution >= 4 is 27.5 Å². The fourth-order valence-corrected chi connectivity index (χ4v) is 5.81. The molecule has 0 radical (unpaired) electrons. The molecule has 0 saturated carbocycles. The molecular weight excluding hydrogens is 462 g/mol. The number of hydrogen-bond acceptors (Lipinski definition) is 7. The maximum Gasteiger partial charge on any atom is 0.415 e. The Morgan fingerprint density at radius 3 is 2.58 bits per heavy atom. The average molecular weight is 488 g/mol. The van der Waals surface area contributed by atoms with Crippen LogP contribution in [0.2, 0.25) is 0 Å². The Morgan fingerprint density at radius 1 is 1.12 bits per heavy atom. The molecule has 1 aromatic carbocycles. The van der Waals surface area contributed by atoms with E-state index >= 15 is 0 Å². The van der Waals surface area contributed by atoms with Crippen LogP contribution in [0.3, 0.4) is 0 Å². The van der Waals surface area contributed by atoms with Gasteiger partial charge in [-0.1, -0.05) is 18.2 Å². The summed E-state index contributed by atoms with van der Waals surface area (Å²) < 4.78 is 33.5. The first-order valence-corrected chi connectivity index (χ1v) is 13.0. The highest BCUT2D eigenvalue weighted by atomic mass is 32.2. The number of amides is 1. The van der Waals surface area contributed by atoms with Gasteiger partial charge in [0.05, 0.1) is 16.7 Å². The van der Waals surface area contributed by atoms with Gasteiger partial charge in [0.1, 0.15) is 9.96 Å². The Morgan fingerprint density at radius 2 is 1.88 bits per heavy atom. The summed E-state index contributed by atoms with van der Waals surface area (Å²) in [6.45, 7) is 1.20. The zero-order valence-electron chi connectivity index (χ0n) is 17.9. The molecule has 3 aromatic rings. The second kappa shape index (κ2) is 10.4. The van der Waals surface area contributed by atoms with Gasteiger partial charge in [0.2, 0.25) is 10.0 Å². The molecule has 1 saturated heterocycles. The predicted octanol–water partition coefficient (Wildman–Crippen LogP) is 3.29. The van der Waals surface area contributed by atoms with Gasteiger partial charge < -0.3 is 14.7 Å². The molecule has 8 nitrogen and oxygen atoms in total. The number of ether oxygens (including phenoxy) is 1. The van der Waals surface area contributed by atoms with E-state index in [1.807, 2.05) is 18.2 Å². The number of nitrogens with one attached hydrogen (secondary N) is 1. The molecule has 1 aliphatic rings. The molecule has 33 heavy (non-hydrogen) atoms. The van der Waals surface area contributed by atoms with E-state index in [1.165, 1.54) is 11.3 Å². The second-order valence-electron chi connectivity index (χ2n) is 7.71. The number of sulfonamides is 1. The summed E-state index contributed by atoms with van der Waals surface area (Å²) in [6.07, 6.45) is 2.50. The van der Waals surface area contributed by atoms with E-state index in [-0.39, 0.29) is 16.9 Å². The van der Waals surface area contributed by atoms with Gasteiger partial charge in [-0.25, -0.2) is 17.9 Å². The third kappa shape index (κ3) is 6.17. The number of carbonyl (C=O) groups excluding carboxylic acids is 1. The van der Waals surface area contributed by atoms with Crippen LogP contribution in [0.25, 0.3) is 10.6 Å². The molecule has 0 atom stereocenters. The van der Waals surface area contributed by atoms with Crippen molar-refractivity contribution in [1.29, 1.82) is 0 Å². The fourth-order valence-electron chi connectivity index (χ4n) is 3.45. The molecule has 174 valence electrons. The zero-order chi connectivity index (χ0) is 23.3. The summed E-state index contributed by atoms with van der Waals surface area (Å²) in [5.74, 6) is 0.427. The van der Waals surface area contributed by atoms with Crippen LogP contribution in [0.15, 0.2) is 65.0 Å². The van der Waals surface area contributed by atoms with Crippen molar-refractivity contribution in [3.8, 4) is 16.3 Å². The summed E-state index contributed by atoms with van der Waals surface area (Å²) in [6, 6.07) is 15.9. The van der Waals surface area contributed by atoms with E-state index in [4.69, 9.17) is 4.74 Å². The Kier molecular flexibility index (Phi) is 7.39. The van der Waals surface area contributed by atoms with Crippen LogP contribution in [0.4, 0.5) is 4.79 Å². The molecular formula is C23H25N3O5S2. The Balaban J connectivity index is 1.27. The number of aliphatic hydroxyl groups is 1. The summed E-state index contributed by atoms with van der Waals surface area (Å²) in [5, 5.41) is 9.54. The lowest BCUT2D eigenvalue weighted by molar-refractivity contribution is 0.0798. The average Bonchev–Trinajstić information content (AvgIpc) is 3.33. The minimum Gasteiger partial charge on any atom is -0.410 e. The first-order chi connectivity index (χ1) is 15.9. The van der Waals surface area contributed by atoms with E-state index in [1.54, 1.807) is 47.5 Å². The molecule has 1 aliphatic heterocycles. The molecule has 0 bridgehead atoms. The zero-order valence-corrected chi connectivity index (χ0v) is 19.5. The van der Waals surface area contributed by atoms with Crippen LogP contribution < -0.4 is 9.46 Å². The highest BCUT2D eigenvalue weighted by Crippen LogP contribution is 2.29. The lowest BCUT2D eigenvalue weighted by atomic mass is 10.1. The minimum atomic E-state index is -3.61. The summed E-state index contributed by atoms with van der Waals surface area (Å²) in [4.78, 5) is 18.8. The molecule has 0 unspecified atom stereocenters.